The van der Waals surface area contributed by atoms with E-state index in [9.17, 15) is 0 Å². The smallest absolute Gasteiger partial charge is 0.0671 e. The van der Waals surface area contributed by atoms with Crippen molar-refractivity contribution < 1.29 is 5.11 Å². The van der Waals surface area contributed by atoms with E-state index in [1.807, 2.05) is 6.20 Å². The Morgan fingerprint density at radius 2 is 2.07 bits per heavy atom. The summed E-state index contributed by atoms with van der Waals surface area (Å²) in [5.74, 6) is 0. The van der Waals surface area contributed by atoms with Crippen molar-refractivity contribution in [2.75, 3.05) is 39.8 Å². The molecule has 2 aliphatic heterocycles. The van der Waals surface area contributed by atoms with Crippen LogP contribution in [0.2, 0.25) is 0 Å². The van der Waals surface area contributed by atoms with Crippen LogP contribution < -0.4 is 5.43 Å². The summed E-state index contributed by atoms with van der Waals surface area (Å²) in [7, 11) is 2.15. The van der Waals surface area contributed by atoms with Gasteiger partial charge < -0.3 is 15.4 Å². The van der Waals surface area contributed by atoms with Crippen molar-refractivity contribution in [1.29, 1.82) is 0 Å². The summed E-state index contributed by atoms with van der Waals surface area (Å²) in [5.41, 5.74) is 3.23. The van der Waals surface area contributed by atoms with E-state index >= 15 is 0 Å². The van der Waals surface area contributed by atoms with Gasteiger partial charge in [-0.3, -0.25) is 0 Å². The van der Waals surface area contributed by atoms with E-state index in [0.717, 1.165) is 32.6 Å². The van der Waals surface area contributed by atoms with Crippen LogP contribution in [0.5, 0.6) is 0 Å². The lowest BCUT2D eigenvalue weighted by molar-refractivity contribution is -0.0945. The molecule has 1 fully saturated rings. The Labute approximate surface area is 90.9 Å². The molecule has 2 heterocycles. The summed E-state index contributed by atoms with van der Waals surface area (Å²) in [4.78, 5) is 2.33. The second-order valence-electron chi connectivity index (χ2n) is 4.17. The lowest BCUT2D eigenvalue weighted by Gasteiger charge is -2.40. The fourth-order valence-electron chi connectivity index (χ4n) is 2.06. The largest absolute Gasteiger partial charge is 0.396 e. The maximum Gasteiger partial charge on any atom is 0.0671 e. The van der Waals surface area contributed by atoms with Gasteiger partial charge in [-0.1, -0.05) is 0 Å². The van der Waals surface area contributed by atoms with Gasteiger partial charge in [0, 0.05) is 39.0 Å². The molecule has 0 spiro atoms. The third-order valence-electron chi connectivity index (χ3n) is 3.05. The minimum Gasteiger partial charge on any atom is -0.396 e. The molecule has 1 unspecified atom stereocenters. The van der Waals surface area contributed by atoms with Crippen LogP contribution in [0.1, 0.15) is 6.42 Å². The predicted octanol–water partition coefficient (Wildman–Crippen LogP) is -0.766. The topological polar surface area (TPSA) is 42.0 Å². The molecule has 0 aromatic carbocycles. The monoisotopic (exact) mass is 212 g/mol. The zero-order valence-corrected chi connectivity index (χ0v) is 9.26. The molecule has 15 heavy (non-hydrogen) atoms. The molecule has 1 atom stereocenters. The molecule has 5 heteroatoms. The highest BCUT2D eigenvalue weighted by molar-refractivity contribution is 4.98. The average Bonchev–Trinajstić information content (AvgIpc) is 2.68. The number of hydrogen-bond acceptors (Lipinski definition) is 5. The molecular weight excluding hydrogens is 192 g/mol. The normalized spacial score (nSPS) is 29.6. The number of aliphatic hydroxyl groups is 1. The van der Waals surface area contributed by atoms with Crippen LogP contribution in [0.15, 0.2) is 12.3 Å². The van der Waals surface area contributed by atoms with E-state index in [2.05, 4.69) is 33.6 Å². The lowest BCUT2D eigenvalue weighted by Crippen LogP contribution is -2.57. The van der Waals surface area contributed by atoms with Gasteiger partial charge in [0.05, 0.1) is 6.04 Å². The van der Waals surface area contributed by atoms with Gasteiger partial charge in [-0.05, 0) is 19.5 Å². The van der Waals surface area contributed by atoms with E-state index in [0.29, 0.717) is 6.04 Å². The van der Waals surface area contributed by atoms with Gasteiger partial charge in [-0.15, -0.1) is 5.12 Å². The minimum atomic E-state index is 0.237. The first kappa shape index (κ1) is 10.9. The van der Waals surface area contributed by atoms with E-state index in [4.69, 9.17) is 5.11 Å². The first-order chi connectivity index (χ1) is 7.31. The summed E-state index contributed by atoms with van der Waals surface area (Å²) in [6.45, 7) is 4.54. The van der Waals surface area contributed by atoms with Gasteiger partial charge >= 0.3 is 0 Å². The van der Waals surface area contributed by atoms with Crippen molar-refractivity contribution in [3.63, 3.8) is 0 Å². The van der Waals surface area contributed by atoms with Crippen molar-refractivity contribution >= 4 is 0 Å². The van der Waals surface area contributed by atoms with Gasteiger partial charge in [0.25, 0.3) is 0 Å². The van der Waals surface area contributed by atoms with Crippen LogP contribution in [0.4, 0.5) is 0 Å². The highest BCUT2D eigenvalue weighted by Gasteiger charge is 2.27. The van der Waals surface area contributed by atoms with Crippen LogP contribution in [-0.2, 0) is 0 Å². The molecule has 0 aromatic rings. The molecule has 2 aliphatic rings. The number of hydrazine groups is 2. The van der Waals surface area contributed by atoms with Crippen molar-refractivity contribution in [2.45, 2.75) is 12.5 Å². The van der Waals surface area contributed by atoms with Gasteiger partial charge in [-0.2, -0.15) is 0 Å². The number of likely N-dealkylation sites (N-methyl/N-ethyl adjacent to an activating group) is 1. The second kappa shape index (κ2) is 4.94. The Bertz CT molecular complexity index is 225. The van der Waals surface area contributed by atoms with E-state index in [1.165, 1.54) is 0 Å². The van der Waals surface area contributed by atoms with Crippen molar-refractivity contribution in [3.05, 3.63) is 12.3 Å². The molecule has 0 radical (unpaired) electrons. The molecule has 0 bridgehead atoms. The molecule has 0 aromatic heterocycles. The number of nitrogens with one attached hydrogen (secondary N) is 1. The second-order valence-corrected chi connectivity index (χ2v) is 4.17. The molecule has 0 saturated carbocycles. The number of hydrogen-bond donors (Lipinski definition) is 2. The van der Waals surface area contributed by atoms with Crippen molar-refractivity contribution in [2.24, 2.45) is 0 Å². The third-order valence-corrected chi connectivity index (χ3v) is 3.05. The Kier molecular flexibility index (Phi) is 3.58. The number of rotatable bonds is 3. The molecule has 86 valence electrons. The van der Waals surface area contributed by atoms with Gasteiger partial charge in [-0.25, -0.2) is 5.01 Å². The predicted molar refractivity (Wildman–Crippen MR) is 58.7 cm³/mol. The fourth-order valence-corrected chi connectivity index (χ4v) is 2.06. The molecule has 1 saturated heterocycles. The minimum absolute atomic E-state index is 0.237. The highest BCUT2D eigenvalue weighted by Crippen LogP contribution is 2.13. The Balaban J connectivity index is 1.87. The van der Waals surface area contributed by atoms with Gasteiger partial charge in [0.1, 0.15) is 0 Å². The summed E-state index contributed by atoms with van der Waals surface area (Å²) in [6.07, 6.45) is 4.85. The summed E-state index contributed by atoms with van der Waals surface area (Å²) >= 11 is 0. The van der Waals surface area contributed by atoms with Crippen molar-refractivity contribution in [1.82, 2.24) is 20.5 Å². The zero-order valence-electron chi connectivity index (χ0n) is 9.26. The van der Waals surface area contributed by atoms with Crippen LogP contribution in [0.3, 0.4) is 0 Å². The standard InChI is InChI=1S/C10H20N4O/c1-12-5-7-13(8-6-12)14-10(3-9-15)2-4-11-14/h2,4,10-11,15H,3,5-9H2,1H3. The highest BCUT2D eigenvalue weighted by atomic mass is 16.3. The molecule has 2 rings (SSSR count). The molecule has 0 amide bonds. The SMILES string of the molecule is CN1CCN(N2NC=CC2CCO)CC1. The third kappa shape index (κ3) is 2.49. The summed E-state index contributed by atoms with van der Waals surface area (Å²) in [6, 6.07) is 0.304. The van der Waals surface area contributed by atoms with Crippen LogP contribution in [0, 0.1) is 0 Å². The van der Waals surface area contributed by atoms with E-state index < -0.39 is 0 Å². The Morgan fingerprint density at radius 1 is 1.33 bits per heavy atom. The molecule has 2 N–H and O–H groups in total. The molecule has 5 nitrogen and oxygen atoms in total. The van der Waals surface area contributed by atoms with Crippen molar-refractivity contribution in [3.8, 4) is 0 Å². The average molecular weight is 212 g/mol. The van der Waals surface area contributed by atoms with Gasteiger partial charge in [0.15, 0.2) is 0 Å². The van der Waals surface area contributed by atoms with Gasteiger partial charge in [0.2, 0.25) is 0 Å². The van der Waals surface area contributed by atoms with Crippen LogP contribution in [0.25, 0.3) is 0 Å². The quantitative estimate of drug-likeness (QED) is 0.643. The van der Waals surface area contributed by atoms with Crippen LogP contribution in [-0.4, -0.2) is 66.0 Å². The maximum atomic E-state index is 8.97. The number of nitrogens with zero attached hydrogens (tertiary/aromatic N) is 3. The number of aliphatic hydroxyl groups excluding tert-OH is 1. The zero-order chi connectivity index (χ0) is 10.7. The Hall–Kier alpha value is -0.620. The number of piperazine rings is 1. The van der Waals surface area contributed by atoms with E-state index in [-0.39, 0.29) is 6.61 Å². The Morgan fingerprint density at radius 3 is 2.73 bits per heavy atom. The van der Waals surface area contributed by atoms with E-state index in [1.54, 1.807) is 0 Å². The lowest BCUT2D eigenvalue weighted by atomic mass is 10.2. The first-order valence-corrected chi connectivity index (χ1v) is 5.57. The molecule has 0 aliphatic carbocycles. The summed E-state index contributed by atoms with van der Waals surface area (Å²) in [5, 5.41) is 13.4. The molecular formula is C10H20N4O. The fraction of sp³-hybridized carbons (Fsp3) is 0.800. The summed E-state index contributed by atoms with van der Waals surface area (Å²) < 4.78 is 0. The first-order valence-electron chi connectivity index (χ1n) is 5.57. The van der Waals surface area contributed by atoms with Crippen LogP contribution >= 0.6 is 0 Å². The maximum absolute atomic E-state index is 8.97.